The maximum absolute atomic E-state index is 13.2. The molecule has 176 valence electrons. The zero-order valence-electron chi connectivity index (χ0n) is 18.7. The largest absolute Gasteiger partial charge is 0.495 e. The second-order valence-electron chi connectivity index (χ2n) is 7.45. The van der Waals surface area contributed by atoms with Gasteiger partial charge in [0.2, 0.25) is 26.0 Å². The number of sulfonamides is 2. The molecule has 0 fully saturated rings. The molecule has 0 saturated heterocycles. The predicted octanol–water partition coefficient (Wildman–Crippen LogP) is 2.57. The molecule has 0 heterocycles. The second kappa shape index (κ2) is 10.3. The van der Waals surface area contributed by atoms with Crippen molar-refractivity contribution in [3.8, 4) is 5.75 Å². The smallest absolute Gasteiger partial charge is 0.248 e. The molecule has 2 aromatic carbocycles. The van der Waals surface area contributed by atoms with E-state index in [1.54, 1.807) is 51.1 Å². The molecular formula is C21H29N3O6S2. The van der Waals surface area contributed by atoms with Crippen LogP contribution in [0.1, 0.15) is 27.2 Å². The summed E-state index contributed by atoms with van der Waals surface area (Å²) in [6.07, 6.45) is 1.21. The summed E-state index contributed by atoms with van der Waals surface area (Å²) < 4.78 is 58.9. The Morgan fingerprint density at radius 1 is 1.06 bits per heavy atom. The lowest BCUT2D eigenvalue weighted by Crippen LogP contribution is -2.47. The van der Waals surface area contributed by atoms with E-state index in [2.05, 4.69) is 10.0 Å². The van der Waals surface area contributed by atoms with E-state index >= 15 is 0 Å². The molecule has 2 N–H and O–H groups in total. The Morgan fingerprint density at radius 3 is 2.19 bits per heavy atom. The standard InChI is InChI=1S/C21H29N3O6S2/c1-6-19(24(31(5,26)27)16-10-8-7-9-11-16)21(25)22-18-14-17(12-13-20(18)30-4)32(28,29)23-15(2)3/h7-15,19,23H,6H2,1-5H3,(H,22,25)/t19-/m1/s1. The van der Waals surface area contributed by atoms with Crippen molar-refractivity contribution in [2.24, 2.45) is 0 Å². The molecular weight excluding hydrogens is 454 g/mol. The summed E-state index contributed by atoms with van der Waals surface area (Å²) in [6, 6.07) is 11.0. The summed E-state index contributed by atoms with van der Waals surface area (Å²) in [5.74, 6) is -0.381. The van der Waals surface area contributed by atoms with Gasteiger partial charge in [0.1, 0.15) is 11.8 Å². The van der Waals surface area contributed by atoms with Crippen LogP contribution in [0.15, 0.2) is 53.4 Å². The van der Waals surface area contributed by atoms with E-state index < -0.39 is 32.0 Å². The third-order valence-corrected chi connectivity index (χ3v) is 7.31. The molecule has 1 amide bonds. The maximum atomic E-state index is 13.2. The van der Waals surface area contributed by atoms with Crippen LogP contribution in [0.25, 0.3) is 0 Å². The van der Waals surface area contributed by atoms with Gasteiger partial charge in [-0.25, -0.2) is 21.6 Å². The van der Waals surface area contributed by atoms with Gasteiger partial charge in [0.05, 0.1) is 29.6 Å². The first-order valence-corrected chi connectivity index (χ1v) is 13.3. The molecule has 11 heteroatoms. The summed E-state index contributed by atoms with van der Waals surface area (Å²) in [5.41, 5.74) is 0.463. The molecule has 9 nitrogen and oxygen atoms in total. The van der Waals surface area contributed by atoms with E-state index in [0.717, 1.165) is 10.6 Å². The van der Waals surface area contributed by atoms with E-state index in [0.29, 0.717) is 5.69 Å². The van der Waals surface area contributed by atoms with Crippen LogP contribution in [0.4, 0.5) is 11.4 Å². The van der Waals surface area contributed by atoms with Crippen LogP contribution in [0, 0.1) is 0 Å². The van der Waals surface area contributed by atoms with Crippen molar-refractivity contribution < 1.29 is 26.4 Å². The van der Waals surface area contributed by atoms with E-state index in [-0.39, 0.29) is 28.8 Å². The average Bonchev–Trinajstić information content (AvgIpc) is 2.70. The first-order chi connectivity index (χ1) is 14.9. The van der Waals surface area contributed by atoms with Crippen molar-refractivity contribution in [1.29, 1.82) is 0 Å². The van der Waals surface area contributed by atoms with Crippen LogP contribution in [0.2, 0.25) is 0 Å². The normalized spacial score (nSPS) is 12.9. The van der Waals surface area contributed by atoms with Gasteiger partial charge in [-0.1, -0.05) is 25.1 Å². The van der Waals surface area contributed by atoms with E-state index in [4.69, 9.17) is 4.74 Å². The molecule has 0 saturated carbocycles. The molecule has 0 unspecified atom stereocenters. The number of carbonyl (C=O) groups is 1. The van der Waals surface area contributed by atoms with Gasteiger partial charge in [0.25, 0.3) is 0 Å². The van der Waals surface area contributed by atoms with Crippen molar-refractivity contribution in [2.75, 3.05) is 23.0 Å². The van der Waals surface area contributed by atoms with Gasteiger partial charge in [0, 0.05) is 6.04 Å². The lowest BCUT2D eigenvalue weighted by atomic mass is 10.1. The maximum Gasteiger partial charge on any atom is 0.248 e. The number of hydrogen-bond acceptors (Lipinski definition) is 6. The quantitative estimate of drug-likeness (QED) is 0.536. The van der Waals surface area contributed by atoms with Crippen LogP contribution >= 0.6 is 0 Å². The van der Waals surface area contributed by atoms with Crippen LogP contribution in [-0.4, -0.2) is 48.2 Å². The number of anilines is 2. The van der Waals surface area contributed by atoms with Gasteiger partial charge in [-0.15, -0.1) is 0 Å². The molecule has 0 spiro atoms. The van der Waals surface area contributed by atoms with Crippen molar-refractivity contribution in [3.63, 3.8) is 0 Å². The number of ether oxygens (including phenoxy) is 1. The number of nitrogens with zero attached hydrogens (tertiary/aromatic N) is 1. The van der Waals surface area contributed by atoms with Gasteiger partial charge >= 0.3 is 0 Å². The van der Waals surface area contributed by atoms with Gasteiger partial charge in [-0.2, -0.15) is 0 Å². The summed E-state index contributed by atoms with van der Waals surface area (Å²) in [5, 5.41) is 2.64. The lowest BCUT2D eigenvalue weighted by Gasteiger charge is -2.30. The Morgan fingerprint density at radius 2 is 1.69 bits per heavy atom. The van der Waals surface area contributed by atoms with Gasteiger partial charge in [-0.05, 0) is 50.6 Å². The third-order valence-electron chi connectivity index (χ3n) is 4.47. The highest BCUT2D eigenvalue weighted by Crippen LogP contribution is 2.29. The van der Waals surface area contributed by atoms with Crippen molar-refractivity contribution in [3.05, 3.63) is 48.5 Å². The van der Waals surface area contributed by atoms with Crippen molar-refractivity contribution in [1.82, 2.24) is 4.72 Å². The SMILES string of the molecule is CC[C@H](C(=O)Nc1cc(S(=O)(=O)NC(C)C)ccc1OC)N(c1ccccc1)S(C)(=O)=O. The molecule has 2 aromatic rings. The monoisotopic (exact) mass is 483 g/mol. The Kier molecular flexibility index (Phi) is 8.27. The van der Waals surface area contributed by atoms with Crippen molar-refractivity contribution in [2.45, 2.75) is 44.2 Å². The van der Waals surface area contributed by atoms with E-state index in [1.807, 2.05) is 0 Å². The number of para-hydroxylation sites is 1. The van der Waals surface area contributed by atoms with E-state index in [1.165, 1.54) is 25.3 Å². The fourth-order valence-electron chi connectivity index (χ4n) is 3.18. The number of benzene rings is 2. The highest BCUT2D eigenvalue weighted by atomic mass is 32.2. The zero-order chi connectivity index (χ0) is 24.1. The molecule has 2 rings (SSSR count). The topological polar surface area (TPSA) is 122 Å². The molecule has 0 radical (unpaired) electrons. The molecule has 0 aromatic heterocycles. The van der Waals surface area contributed by atoms with Crippen LogP contribution in [0.3, 0.4) is 0 Å². The minimum absolute atomic E-state index is 0.0571. The number of amides is 1. The summed E-state index contributed by atoms with van der Waals surface area (Å²) in [4.78, 5) is 13.1. The van der Waals surface area contributed by atoms with Crippen LogP contribution in [0.5, 0.6) is 5.75 Å². The minimum Gasteiger partial charge on any atom is -0.495 e. The second-order valence-corrected chi connectivity index (χ2v) is 11.0. The summed E-state index contributed by atoms with van der Waals surface area (Å²) in [6.45, 7) is 5.08. The predicted molar refractivity (Wildman–Crippen MR) is 125 cm³/mol. The Labute approximate surface area is 189 Å². The highest BCUT2D eigenvalue weighted by Gasteiger charge is 2.32. The van der Waals surface area contributed by atoms with Gasteiger partial charge in [0.15, 0.2) is 0 Å². The number of nitrogens with one attached hydrogen (secondary N) is 2. The van der Waals surface area contributed by atoms with Crippen molar-refractivity contribution >= 4 is 37.3 Å². The number of hydrogen-bond donors (Lipinski definition) is 2. The fourth-order valence-corrected chi connectivity index (χ4v) is 5.67. The summed E-state index contributed by atoms with van der Waals surface area (Å²) >= 11 is 0. The third kappa shape index (κ3) is 6.21. The zero-order valence-corrected chi connectivity index (χ0v) is 20.3. The Hall–Kier alpha value is -2.63. The molecule has 1 atom stereocenters. The Bertz CT molecular complexity index is 1150. The minimum atomic E-state index is -3.81. The fraction of sp³-hybridized carbons (Fsp3) is 0.381. The Balaban J connectivity index is 2.45. The lowest BCUT2D eigenvalue weighted by molar-refractivity contribution is -0.117. The molecule has 32 heavy (non-hydrogen) atoms. The first kappa shape index (κ1) is 25.6. The van der Waals surface area contributed by atoms with E-state index in [9.17, 15) is 21.6 Å². The number of rotatable bonds is 10. The first-order valence-electron chi connectivity index (χ1n) is 9.96. The number of carbonyl (C=O) groups excluding carboxylic acids is 1. The van der Waals surface area contributed by atoms with Gasteiger partial charge in [-0.3, -0.25) is 9.10 Å². The summed E-state index contributed by atoms with van der Waals surface area (Å²) in [7, 11) is -6.22. The van der Waals surface area contributed by atoms with Gasteiger partial charge < -0.3 is 10.1 Å². The molecule has 0 aliphatic carbocycles. The number of methoxy groups -OCH3 is 1. The van der Waals surface area contributed by atoms with Crippen LogP contribution in [-0.2, 0) is 24.8 Å². The molecule has 0 aliphatic rings. The average molecular weight is 484 g/mol. The molecule has 0 bridgehead atoms. The van der Waals surface area contributed by atoms with Crippen LogP contribution < -0.4 is 19.1 Å². The highest BCUT2D eigenvalue weighted by molar-refractivity contribution is 7.92. The molecule has 0 aliphatic heterocycles.